The smallest absolute Gasteiger partial charge is 0.159 e. The van der Waals surface area contributed by atoms with Crippen molar-refractivity contribution in [2.45, 2.75) is 9.79 Å². The molecule has 100 valence electrons. The van der Waals surface area contributed by atoms with E-state index >= 15 is 0 Å². The van der Waals surface area contributed by atoms with Crippen molar-refractivity contribution in [3.8, 4) is 0 Å². The Hall–Kier alpha value is -2.14. The number of hydrogen-bond donors (Lipinski definition) is 1. The van der Waals surface area contributed by atoms with Gasteiger partial charge in [-0.3, -0.25) is 4.98 Å². The number of aromatic nitrogens is 1. The molecule has 2 nitrogen and oxygen atoms in total. The van der Waals surface area contributed by atoms with E-state index in [9.17, 15) is 8.78 Å². The minimum atomic E-state index is -0.862. The van der Waals surface area contributed by atoms with Crippen molar-refractivity contribution in [3.63, 3.8) is 0 Å². The van der Waals surface area contributed by atoms with E-state index in [1.54, 1.807) is 12.4 Å². The number of nitrogens with two attached hydrogens (primary N) is 1. The zero-order valence-corrected chi connectivity index (χ0v) is 11.1. The molecule has 0 radical (unpaired) electrons. The van der Waals surface area contributed by atoms with Gasteiger partial charge >= 0.3 is 0 Å². The lowest BCUT2D eigenvalue weighted by Crippen LogP contribution is -1.91. The highest BCUT2D eigenvalue weighted by molar-refractivity contribution is 7.99. The Labute approximate surface area is 118 Å². The molecule has 0 unspecified atom stereocenters. The van der Waals surface area contributed by atoms with Gasteiger partial charge in [0, 0.05) is 33.0 Å². The number of pyridine rings is 1. The van der Waals surface area contributed by atoms with Gasteiger partial charge in [0.2, 0.25) is 0 Å². The van der Waals surface area contributed by atoms with Crippen molar-refractivity contribution >= 4 is 28.2 Å². The van der Waals surface area contributed by atoms with Gasteiger partial charge in [-0.05, 0) is 30.3 Å². The Balaban J connectivity index is 2.02. The molecule has 5 heteroatoms. The Kier molecular flexibility index (Phi) is 3.28. The third-order valence-corrected chi connectivity index (χ3v) is 4.01. The van der Waals surface area contributed by atoms with Crippen LogP contribution in [0.4, 0.5) is 14.5 Å². The van der Waals surface area contributed by atoms with Crippen molar-refractivity contribution < 1.29 is 8.78 Å². The SMILES string of the molecule is Nc1c(Sc2ccc(F)c(F)c2)ccc2cnccc12. The third kappa shape index (κ3) is 2.32. The molecule has 0 saturated carbocycles. The molecule has 0 bridgehead atoms. The molecule has 20 heavy (non-hydrogen) atoms. The van der Waals surface area contributed by atoms with Crippen LogP contribution >= 0.6 is 11.8 Å². The lowest BCUT2D eigenvalue weighted by Gasteiger charge is -2.08. The summed E-state index contributed by atoms with van der Waals surface area (Å²) in [5, 5.41) is 1.84. The highest BCUT2D eigenvalue weighted by Gasteiger charge is 2.08. The van der Waals surface area contributed by atoms with Crippen LogP contribution in [0.3, 0.4) is 0 Å². The molecule has 2 N–H and O–H groups in total. The van der Waals surface area contributed by atoms with Crippen LogP contribution < -0.4 is 5.73 Å². The van der Waals surface area contributed by atoms with E-state index in [2.05, 4.69) is 4.98 Å². The van der Waals surface area contributed by atoms with Crippen LogP contribution in [0, 0.1) is 11.6 Å². The molecular weight excluding hydrogens is 278 g/mol. The summed E-state index contributed by atoms with van der Waals surface area (Å²) in [7, 11) is 0. The molecule has 3 rings (SSSR count). The number of nitrogen functional groups attached to an aromatic ring is 1. The second-order valence-corrected chi connectivity index (χ2v) is 5.37. The average Bonchev–Trinajstić information content (AvgIpc) is 2.46. The van der Waals surface area contributed by atoms with E-state index in [4.69, 9.17) is 5.73 Å². The predicted molar refractivity (Wildman–Crippen MR) is 76.6 cm³/mol. The maximum atomic E-state index is 13.2. The lowest BCUT2D eigenvalue weighted by atomic mass is 10.1. The van der Waals surface area contributed by atoms with Crippen LogP contribution in [-0.2, 0) is 0 Å². The van der Waals surface area contributed by atoms with E-state index in [0.29, 0.717) is 10.6 Å². The van der Waals surface area contributed by atoms with Gasteiger partial charge in [-0.2, -0.15) is 0 Å². The first-order chi connectivity index (χ1) is 9.65. The molecule has 0 aliphatic rings. The summed E-state index contributed by atoms with van der Waals surface area (Å²) >= 11 is 1.30. The first-order valence-corrected chi connectivity index (χ1v) is 6.72. The number of halogens is 2. The Morgan fingerprint density at radius 2 is 1.85 bits per heavy atom. The van der Waals surface area contributed by atoms with Crippen LogP contribution in [0.25, 0.3) is 10.8 Å². The summed E-state index contributed by atoms with van der Waals surface area (Å²) < 4.78 is 26.1. The third-order valence-electron chi connectivity index (χ3n) is 2.94. The van der Waals surface area contributed by atoms with Gasteiger partial charge in [0.15, 0.2) is 11.6 Å². The molecule has 0 spiro atoms. The second kappa shape index (κ2) is 5.09. The highest BCUT2D eigenvalue weighted by Crippen LogP contribution is 2.36. The standard InChI is InChI=1S/C15H10F2N2S/c16-12-3-2-10(7-13(12)17)20-14-4-1-9-8-19-6-5-11(9)15(14)18/h1-8H,18H2. The molecule has 0 amide bonds. The summed E-state index contributed by atoms with van der Waals surface area (Å²) in [5.74, 6) is -1.72. The average molecular weight is 288 g/mol. The van der Waals surface area contributed by atoms with Crippen LogP contribution in [0.1, 0.15) is 0 Å². The van der Waals surface area contributed by atoms with Crippen molar-refractivity contribution in [2.24, 2.45) is 0 Å². The normalized spacial score (nSPS) is 10.9. The van der Waals surface area contributed by atoms with Crippen molar-refractivity contribution in [1.82, 2.24) is 4.98 Å². The van der Waals surface area contributed by atoms with Gasteiger partial charge in [0.25, 0.3) is 0 Å². The van der Waals surface area contributed by atoms with Gasteiger partial charge in [0.1, 0.15) is 0 Å². The molecule has 0 atom stereocenters. The van der Waals surface area contributed by atoms with E-state index in [1.807, 2.05) is 18.2 Å². The first kappa shape index (κ1) is 12.9. The van der Waals surface area contributed by atoms with Gasteiger partial charge in [-0.25, -0.2) is 8.78 Å². The largest absolute Gasteiger partial charge is 0.397 e. The number of hydrogen-bond acceptors (Lipinski definition) is 3. The molecule has 1 aromatic heterocycles. The molecule has 0 fully saturated rings. The zero-order valence-electron chi connectivity index (χ0n) is 10.3. The first-order valence-electron chi connectivity index (χ1n) is 5.90. The lowest BCUT2D eigenvalue weighted by molar-refractivity contribution is 0.506. The number of fused-ring (bicyclic) bond motifs is 1. The van der Waals surface area contributed by atoms with Crippen LogP contribution in [0.2, 0.25) is 0 Å². The number of benzene rings is 2. The quantitative estimate of drug-likeness (QED) is 0.717. The molecule has 1 heterocycles. The van der Waals surface area contributed by atoms with E-state index < -0.39 is 11.6 Å². The van der Waals surface area contributed by atoms with Gasteiger partial charge in [0.05, 0.1) is 5.69 Å². The summed E-state index contributed by atoms with van der Waals surface area (Å²) in [6.07, 6.45) is 3.41. The van der Waals surface area contributed by atoms with Crippen LogP contribution in [0.15, 0.2) is 58.6 Å². The maximum absolute atomic E-state index is 13.2. The molecule has 0 aliphatic carbocycles. The van der Waals surface area contributed by atoms with Crippen molar-refractivity contribution in [3.05, 3.63) is 60.4 Å². The minimum Gasteiger partial charge on any atom is -0.397 e. The number of rotatable bonds is 2. The fraction of sp³-hybridized carbons (Fsp3) is 0. The molecule has 3 aromatic rings. The minimum absolute atomic E-state index is 0.601. The van der Waals surface area contributed by atoms with Gasteiger partial charge in [-0.1, -0.05) is 17.8 Å². The summed E-state index contributed by atoms with van der Waals surface area (Å²) in [5.41, 5.74) is 6.73. The van der Waals surface area contributed by atoms with Crippen LogP contribution in [0.5, 0.6) is 0 Å². The summed E-state index contributed by atoms with van der Waals surface area (Å²) in [4.78, 5) is 5.44. The van der Waals surface area contributed by atoms with Gasteiger partial charge < -0.3 is 5.73 Å². The predicted octanol–water partition coefficient (Wildman–Crippen LogP) is 4.25. The highest BCUT2D eigenvalue weighted by atomic mass is 32.2. The Bertz CT molecular complexity index is 790. The van der Waals surface area contributed by atoms with E-state index in [1.165, 1.54) is 17.8 Å². The number of anilines is 1. The number of nitrogens with zero attached hydrogens (tertiary/aromatic N) is 1. The fourth-order valence-electron chi connectivity index (χ4n) is 1.93. The van der Waals surface area contributed by atoms with Crippen molar-refractivity contribution in [2.75, 3.05) is 5.73 Å². The van der Waals surface area contributed by atoms with E-state index in [-0.39, 0.29) is 0 Å². The Morgan fingerprint density at radius 3 is 2.65 bits per heavy atom. The van der Waals surface area contributed by atoms with Crippen LogP contribution in [-0.4, -0.2) is 4.98 Å². The molecule has 0 saturated heterocycles. The van der Waals surface area contributed by atoms with Gasteiger partial charge in [-0.15, -0.1) is 0 Å². The monoisotopic (exact) mass is 288 g/mol. The maximum Gasteiger partial charge on any atom is 0.159 e. The second-order valence-electron chi connectivity index (χ2n) is 4.25. The van der Waals surface area contributed by atoms with Crippen molar-refractivity contribution in [1.29, 1.82) is 0 Å². The fourth-order valence-corrected chi connectivity index (χ4v) is 2.84. The summed E-state index contributed by atoms with van der Waals surface area (Å²) in [6.45, 7) is 0. The summed E-state index contributed by atoms with van der Waals surface area (Å²) in [6, 6.07) is 9.39. The molecule has 2 aromatic carbocycles. The molecular formula is C15H10F2N2S. The zero-order chi connectivity index (χ0) is 14.1. The van der Waals surface area contributed by atoms with E-state index in [0.717, 1.165) is 27.8 Å². The topological polar surface area (TPSA) is 38.9 Å². The molecule has 0 aliphatic heterocycles. The Morgan fingerprint density at radius 1 is 1.00 bits per heavy atom.